The number of carbonyl (C=O) groups is 2. The number of rotatable bonds is 3. The van der Waals surface area contributed by atoms with E-state index in [4.69, 9.17) is 4.42 Å². The third-order valence-electron chi connectivity index (χ3n) is 5.40. The summed E-state index contributed by atoms with van der Waals surface area (Å²) in [5.74, 6) is -1.79. The molecular weight excluding hydrogens is 410 g/mol. The summed E-state index contributed by atoms with van der Waals surface area (Å²) >= 11 is 1.39. The molecule has 5 nitrogen and oxygen atoms in total. The molecule has 2 aromatic carbocycles. The van der Waals surface area contributed by atoms with Crippen LogP contribution >= 0.6 is 11.8 Å². The van der Waals surface area contributed by atoms with E-state index in [1.165, 1.54) is 29.0 Å². The van der Waals surface area contributed by atoms with Crippen LogP contribution in [0.15, 0.2) is 65.3 Å². The second-order valence-corrected chi connectivity index (χ2v) is 8.37. The number of amides is 2. The fourth-order valence-corrected chi connectivity index (χ4v) is 5.54. The molecule has 1 unspecified atom stereocenters. The minimum atomic E-state index is -1.21. The van der Waals surface area contributed by atoms with Gasteiger partial charge in [0.05, 0.1) is 18.5 Å². The van der Waals surface area contributed by atoms with Gasteiger partial charge in [-0.05, 0) is 35.9 Å². The average molecular weight is 426 g/mol. The standard InChI is InChI=1S/C22H16F2N2O3S/c23-16-8-7-14(12-17(16)24)13-25-18-5-2-1-4-15(18)22(21(25)28)26(9-11-30-22)20(27)19-6-3-10-29-19/h1-8,10,12H,9,11,13H2. The van der Waals surface area contributed by atoms with E-state index in [1.54, 1.807) is 23.1 Å². The fourth-order valence-electron chi connectivity index (χ4n) is 4.08. The summed E-state index contributed by atoms with van der Waals surface area (Å²) in [5.41, 5.74) is 1.82. The third-order valence-corrected chi connectivity index (χ3v) is 6.82. The first-order valence-corrected chi connectivity index (χ1v) is 10.4. The van der Waals surface area contributed by atoms with Gasteiger partial charge in [0.1, 0.15) is 0 Å². The Kier molecular flexibility index (Phi) is 4.39. The molecule has 1 spiro atoms. The molecule has 1 atom stereocenters. The number of carbonyl (C=O) groups excluding carboxylic acids is 2. The van der Waals surface area contributed by atoms with E-state index >= 15 is 0 Å². The highest BCUT2D eigenvalue weighted by molar-refractivity contribution is 8.01. The van der Waals surface area contributed by atoms with Gasteiger partial charge in [0.25, 0.3) is 11.8 Å². The summed E-state index contributed by atoms with van der Waals surface area (Å²) in [6.07, 6.45) is 1.42. The van der Waals surface area contributed by atoms with E-state index in [0.717, 1.165) is 12.1 Å². The number of hydrogen-bond donors (Lipinski definition) is 0. The summed E-state index contributed by atoms with van der Waals surface area (Å²) in [7, 11) is 0. The number of benzene rings is 2. The molecule has 2 aliphatic rings. The second-order valence-electron chi connectivity index (χ2n) is 7.08. The lowest BCUT2D eigenvalue weighted by Gasteiger charge is -2.32. The van der Waals surface area contributed by atoms with Crippen molar-refractivity contribution in [3.8, 4) is 0 Å². The lowest BCUT2D eigenvalue weighted by atomic mass is 10.1. The molecule has 0 bridgehead atoms. The first-order valence-electron chi connectivity index (χ1n) is 9.37. The Morgan fingerprint density at radius 2 is 1.93 bits per heavy atom. The van der Waals surface area contributed by atoms with Crippen LogP contribution < -0.4 is 4.90 Å². The highest BCUT2D eigenvalue weighted by Gasteiger charge is 2.59. The van der Waals surface area contributed by atoms with Crippen molar-refractivity contribution in [2.45, 2.75) is 11.4 Å². The number of hydrogen-bond acceptors (Lipinski definition) is 4. The molecule has 2 aliphatic heterocycles. The number of nitrogens with zero attached hydrogens (tertiary/aromatic N) is 2. The molecule has 5 rings (SSSR count). The summed E-state index contributed by atoms with van der Waals surface area (Å²) in [6.45, 7) is 0.460. The van der Waals surface area contributed by atoms with Crippen molar-refractivity contribution in [2.24, 2.45) is 0 Å². The molecule has 152 valence electrons. The Balaban J connectivity index is 1.57. The van der Waals surface area contributed by atoms with Crippen LogP contribution in [0.2, 0.25) is 0 Å². The average Bonchev–Trinajstić information content (AvgIpc) is 3.48. The molecule has 3 aromatic rings. The molecule has 3 heterocycles. The first-order chi connectivity index (χ1) is 14.5. The van der Waals surface area contributed by atoms with Gasteiger partial charge in [-0.15, -0.1) is 11.8 Å². The zero-order chi connectivity index (χ0) is 20.9. The summed E-state index contributed by atoms with van der Waals surface area (Å²) < 4.78 is 32.3. The van der Waals surface area contributed by atoms with Crippen molar-refractivity contribution in [1.29, 1.82) is 0 Å². The quantitative estimate of drug-likeness (QED) is 0.632. The number of fused-ring (bicyclic) bond motifs is 2. The van der Waals surface area contributed by atoms with E-state index < -0.39 is 16.5 Å². The van der Waals surface area contributed by atoms with Gasteiger partial charge >= 0.3 is 0 Å². The van der Waals surface area contributed by atoms with Crippen LogP contribution in [0.25, 0.3) is 0 Å². The van der Waals surface area contributed by atoms with Gasteiger partial charge in [-0.1, -0.05) is 24.3 Å². The van der Waals surface area contributed by atoms with E-state index in [1.807, 2.05) is 18.2 Å². The first kappa shape index (κ1) is 18.9. The lowest BCUT2D eigenvalue weighted by molar-refractivity contribution is -0.123. The Morgan fingerprint density at radius 1 is 1.10 bits per heavy atom. The maximum atomic E-state index is 13.7. The summed E-state index contributed by atoms with van der Waals surface area (Å²) in [5, 5.41) is 0. The minimum absolute atomic E-state index is 0.0676. The zero-order valence-electron chi connectivity index (χ0n) is 15.7. The largest absolute Gasteiger partial charge is 0.459 e. The number of thioether (sulfide) groups is 1. The summed E-state index contributed by atoms with van der Waals surface area (Å²) in [6, 6.07) is 14.0. The highest BCUT2D eigenvalue weighted by Crippen LogP contribution is 2.54. The zero-order valence-corrected chi connectivity index (χ0v) is 16.5. The van der Waals surface area contributed by atoms with Crippen LogP contribution in [-0.4, -0.2) is 29.0 Å². The summed E-state index contributed by atoms with van der Waals surface area (Å²) in [4.78, 5) is 28.7. The van der Waals surface area contributed by atoms with Gasteiger partial charge in [-0.3, -0.25) is 9.59 Å². The molecule has 30 heavy (non-hydrogen) atoms. The third kappa shape index (κ3) is 2.67. The van der Waals surface area contributed by atoms with E-state index in [-0.39, 0.29) is 24.1 Å². The van der Waals surface area contributed by atoms with Gasteiger partial charge in [-0.2, -0.15) is 0 Å². The maximum Gasteiger partial charge on any atom is 0.291 e. The predicted octanol–water partition coefficient (Wildman–Crippen LogP) is 4.15. The van der Waals surface area contributed by atoms with Crippen molar-refractivity contribution >= 4 is 29.3 Å². The molecule has 0 aliphatic carbocycles. The van der Waals surface area contributed by atoms with E-state index in [2.05, 4.69) is 0 Å². The second kappa shape index (κ2) is 6.98. The SMILES string of the molecule is O=C(c1ccco1)N1CCSC12C(=O)N(Cc1ccc(F)c(F)c1)c1ccccc12. The van der Waals surface area contributed by atoms with Gasteiger partial charge in [0.2, 0.25) is 0 Å². The van der Waals surface area contributed by atoms with Gasteiger partial charge in [0.15, 0.2) is 22.3 Å². The number of halogens is 2. The van der Waals surface area contributed by atoms with E-state index in [0.29, 0.717) is 29.1 Å². The number of furan rings is 1. The Hall–Kier alpha value is -3.13. The molecule has 1 aromatic heterocycles. The minimum Gasteiger partial charge on any atom is -0.459 e. The van der Waals surface area contributed by atoms with Crippen molar-refractivity contribution in [3.63, 3.8) is 0 Å². The molecule has 2 amide bonds. The Labute approximate surface area is 175 Å². The van der Waals surface area contributed by atoms with Crippen LogP contribution in [0.5, 0.6) is 0 Å². The molecule has 0 radical (unpaired) electrons. The van der Waals surface area contributed by atoms with Crippen LogP contribution in [0, 0.1) is 11.6 Å². The molecule has 0 N–H and O–H groups in total. The van der Waals surface area contributed by atoms with Gasteiger partial charge in [0, 0.05) is 17.9 Å². The number of para-hydroxylation sites is 1. The van der Waals surface area contributed by atoms with Gasteiger partial charge < -0.3 is 14.2 Å². The Bertz CT molecular complexity index is 1150. The van der Waals surface area contributed by atoms with Gasteiger partial charge in [-0.25, -0.2) is 8.78 Å². The highest BCUT2D eigenvalue weighted by atomic mass is 32.2. The predicted molar refractivity (Wildman–Crippen MR) is 108 cm³/mol. The van der Waals surface area contributed by atoms with Crippen molar-refractivity contribution in [2.75, 3.05) is 17.2 Å². The van der Waals surface area contributed by atoms with E-state index in [9.17, 15) is 18.4 Å². The number of anilines is 1. The topological polar surface area (TPSA) is 53.8 Å². The van der Waals surface area contributed by atoms with Crippen molar-refractivity contribution < 1.29 is 22.8 Å². The van der Waals surface area contributed by atoms with Crippen LogP contribution in [-0.2, 0) is 16.2 Å². The van der Waals surface area contributed by atoms with Crippen LogP contribution in [0.1, 0.15) is 21.7 Å². The van der Waals surface area contributed by atoms with Crippen LogP contribution in [0.4, 0.5) is 14.5 Å². The molecular formula is C22H16F2N2O3S. The monoisotopic (exact) mass is 426 g/mol. The molecule has 0 saturated carbocycles. The normalized spacial score (nSPS) is 20.3. The fraction of sp³-hybridized carbons (Fsp3) is 0.182. The van der Waals surface area contributed by atoms with Crippen LogP contribution in [0.3, 0.4) is 0 Å². The maximum absolute atomic E-state index is 13.7. The molecule has 1 fully saturated rings. The van der Waals surface area contributed by atoms with Crippen molar-refractivity contribution in [1.82, 2.24) is 4.90 Å². The molecule has 8 heteroatoms. The lowest BCUT2D eigenvalue weighted by Crippen LogP contribution is -2.50. The molecule has 1 saturated heterocycles. The smallest absolute Gasteiger partial charge is 0.291 e. The Morgan fingerprint density at radius 3 is 2.70 bits per heavy atom. The van der Waals surface area contributed by atoms with Crippen molar-refractivity contribution in [3.05, 3.63) is 89.4 Å².